The van der Waals surface area contributed by atoms with E-state index < -0.39 is 23.3 Å². The van der Waals surface area contributed by atoms with E-state index >= 15 is 0 Å². The third-order valence-electron chi connectivity index (χ3n) is 7.69. The Morgan fingerprint density at radius 2 is 1.86 bits per heavy atom. The molecule has 220 valence electrons. The standard InChI is InChI=1S/C30H28F4N4O3S/c31-21-3-4-22(24(16-21)41-13-12-40-11-10-36-28(39)29(7-8-29)30(32,33)34)26-27-23(6-14-42-27)25(37-38-26)19-1-2-20-17-35-9-5-18(20)15-19/h1-4,6,14-16,35H,5,7-13,17H2,(H,36,39). The average molecular weight is 601 g/mol. The van der Waals surface area contributed by atoms with Crippen LogP contribution in [0.15, 0.2) is 47.8 Å². The van der Waals surface area contributed by atoms with Gasteiger partial charge in [0, 0.05) is 35.7 Å². The smallest absolute Gasteiger partial charge is 0.403 e. The van der Waals surface area contributed by atoms with Crippen LogP contribution < -0.4 is 15.4 Å². The van der Waals surface area contributed by atoms with Crippen LogP contribution in [0.5, 0.6) is 5.75 Å². The highest BCUT2D eigenvalue weighted by atomic mass is 32.1. The molecule has 2 aliphatic rings. The fourth-order valence-electron chi connectivity index (χ4n) is 5.19. The third-order valence-corrected chi connectivity index (χ3v) is 8.62. The topological polar surface area (TPSA) is 85.4 Å². The molecule has 1 amide bonds. The minimum absolute atomic E-state index is 0.0149. The number of nitrogens with one attached hydrogen (secondary N) is 2. The summed E-state index contributed by atoms with van der Waals surface area (Å²) < 4.78 is 65.5. The summed E-state index contributed by atoms with van der Waals surface area (Å²) in [6, 6.07) is 12.6. The van der Waals surface area contributed by atoms with Crippen LogP contribution in [0.25, 0.3) is 32.6 Å². The van der Waals surface area contributed by atoms with Crippen molar-refractivity contribution in [2.45, 2.75) is 32.0 Å². The van der Waals surface area contributed by atoms with Crippen LogP contribution in [-0.4, -0.2) is 55.2 Å². The van der Waals surface area contributed by atoms with Crippen molar-refractivity contribution in [2.24, 2.45) is 5.41 Å². The van der Waals surface area contributed by atoms with Crippen LogP contribution in [0.3, 0.4) is 0 Å². The molecule has 0 atom stereocenters. The van der Waals surface area contributed by atoms with Gasteiger partial charge in [0.05, 0.1) is 17.9 Å². The van der Waals surface area contributed by atoms with Crippen LogP contribution in [0, 0.1) is 11.2 Å². The zero-order valence-electron chi connectivity index (χ0n) is 22.5. The van der Waals surface area contributed by atoms with Crippen molar-refractivity contribution in [1.82, 2.24) is 20.8 Å². The summed E-state index contributed by atoms with van der Waals surface area (Å²) in [4.78, 5) is 11.9. The third kappa shape index (κ3) is 5.58. The summed E-state index contributed by atoms with van der Waals surface area (Å²) in [5.74, 6) is -1.23. The lowest BCUT2D eigenvalue weighted by molar-refractivity contribution is -0.192. The van der Waals surface area contributed by atoms with Gasteiger partial charge in [0.25, 0.3) is 0 Å². The highest BCUT2D eigenvalue weighted by Crippen LogP contribution is 2.57. The van der Waals surface area contributed by atoms with Gasteiger partial charge in [0.1, 0.15) is 35.0 Å². The molecular weight excluding hydrogens is 572 g/mol. The number of ether oxygens (including phenoxy) is 2. The molecule has 1 saturated carbocycles. The maximum Gasteiger partial charge on any atom is 0.403 e. The number of alkyl halides is 3. The van der Waals surface area contributed by atoms with Gasteiger partial charge < -0.3 is 20.1 Å². The first-order chi connectivity index (χ1) is 20.3. The Kier molecular flexibility index (Phi) is 7.86. The van der Waals surface area contributed by atoms with Crippen molar-refractivity contribution < 1.29 is 31.8 Å². The number of rotatable bonds is 10. The molecule has 1 fully saturated rings. The van der Waals surface area contributed by atoms with Crippen LogP contribution in [-0.2, 0) is 22.5 Å². The number of carbonyl (C=O) groups is 1. The predicted octanol–water partition coefficient (Wildman–Crippen LogP) is 5.66. The van der Waals surface area contributed by atoms with Crippen molar-refractivity contribution in [3.05, 3.63) is 64.8 Å². The van der Waals surface area contributed by atoms with E-state index in [9.17, 15) is 22.4 Å². The molecule has 1 aliphatic carbocycles. The number of carbonyl (C=O) groups excluding carboxylic acids is 1. The lowest BCUT2D eigenvalue weighted by Gasteiger charge is -2.18. The molecule has 0 unspecified atom stereocenters. The van der Waals surface area contributed by atoms with Gasteiger partial charge in [0.15, 0.2) is 0 Å². The number of aromatic nitrogens is 2. The second kappa shape index (κ2) is 11.6. The maximum absolute atomic E-state index is 14.2. The van der Waals surface area contributed by atoms with Gasteiger partial charge in [0.2, 0.25) is 5.91 Å². The molecule has 0 radical (unpaired) electrons. The molecule has 3 heterocycles. The number of hydrogen-bond donors (Lipinski definition) is 2. The Hall–Kier alpha value is -3.61. The van der Waals surface area contributed by atoms with Gasteiger partial charge in [-0.2, -0.15) is 13.2 Å². The summed E-state index contributed by atoms with van der Waals surface area (Å²) in [5.41, 5.74) is 3.25. The maximum atomic E-state index is 14.2. The lowest BCUT2D eigenvalue weighted by Crippen LogP contribution is -2.42. The number of benzene rings is 2. The molecule has 0 spiro atoms. The highest BCUT2D eigenvalue weighted by molar-refractivity contribution is 7.17. The quantitative estimate of drug-likeness (QED) is 0.181. The fourth-order valence-corrected chi connectivity index (χ4v) is 6.08. The molecule has 2 aromatic heterocycles. The van der Waals surface area contributed by atoms with Gasteiger partial charge in [-0.1, -0.05) is 12.1 Å². The summed E-state index contributed by atoms with van der Waals surface area (Å²) in [5, 5.41) is 17.7. The van der Waals surface area contributed by atoms with Crippen molar-refractivity contribution in [3.8, 4) is 28.3 Å². The molecule has 2 N–H and O–H groups in total. The number of nitrogens with zero attached hydrogens (tertiary/aromatic N) is 2. The molecule has 7 nitrogen and oxygen atoms in total. The Morgan fingerprint density at radius 1 is 1.02 bits per heavy atom. The fraction of sp³-hybridized carbons (Fsp3) is 0.367. The SMILES string of the molecule is O=C(NCCOCCOc1cc(F)ccc1-c1nnc(-c2ccc3c(c2)CCNC3)c2ccsc12)C1(C(F)(F)F)CC1. The van der Waals surface area contributed by atoms with Crippen molar-refractivity contribution in [2.75, 3.05) is 32.9 Å². The van der Waals surface area contributed by atoms with E-state index in [1.54, 1.807) is 6.07 Å². The molecular formula is C30H28F4N4O3S. The second-order valence-corrected chi connectivity index (χ2v) is 11.3. The first kappa shape index (κ1) is 28.5. The predicted molar refractivity (Wildman–Crippen MR) is 151 cm³/mol. The number of fused-ring (bicyclic) bond motifs is 2. The van der Waals surface area contributed by atoms with Crippen molar-refractivity contribution in [1.29, 1.82) is 0 Å². The summed E-state index contributed by atoms with van der Waals surface area (Å²) >= 11 is 1.52. The second-order valence-electron chi connectivity index (χ2n) is 10.4. The summed E-state index contributed by atoms with van der Waals surface area (Å²) in [6.07, 6.45) is -3.98. The zero-order chi connectivity index (χ0) is 29.3. The van der Waals surface area contributed by atoms with Crippen LogP contribution in [0.1, 0.15) is 24.0 Å². The van der Waals surface area contributed by atoms with Crippen molar-refractivity contribution >= 4 is 27.3 Å². The number of amides is 1. The molecule has 0 saturated heterocycles. The van der Waals surface area contributed by atoms with E-state index in [1.807, 2.05) is 11.4 Å². The first-order valence-electron chi connectivity index (χ1n) is 13.7. The lowest BCUT2D eigenvalue weighted by atomic mass is 9.96. The van der Waals surface area contributed by atoms with E-state index in [1.165, 1.54) is 34.6 Å². The molecule has 4 aromatic rings. The molecule has 6 rings (SSSR count). The monoisotopic (exact) mass is 600 g/mol. The zero-order valence-corrected chi connectivity index (χ0v) is 23.3. The van der Waals surface area contributed by atoms with Gasteiger partial charge in [-0.25, -0.2) is 4.39 Å². The minimum Gasteiger partial charge on any atom is -0.490 e. The number of halogens is 4. The van der Waals surface area contributed by atoms with Crippen LogP contribution >= 0.6 is 11.3 Å². The van der Waals surface area contributed by atoms with Gasteiger partial charge >= 0.3 is 6.18 Å². The Bertz CT molecular complexity index is 1620. The highest BCUT2D eigenvalue weighted by Gasteiger charge is 2.68. The van der Waals surface area contributed by atoms with E-state index in [2.05, 4.69) is 39.0 Å². The summed E-state index contributed by atoms with van der Waals surface area (Å²) in [7, 11) is 0. The van der Waals surface area contributed by atoms with E-state index in [4.69, 9.17) is 9.47 Å². The van der Waals surface area contributed by atoms with Gasteiger partial charge in [-0.3, -0.25) is 4.79 Å². The minimum atomic E-state index is -4.55. The molecule has 0 bridgehead atoms. The molecule has 12 heteroatoms. The molecule has 1 aliphatic heterocycles. The van der Waals surface area contributed by atoms with E-state index in [-0.39, 0.29) is 45.0 Å². The van der Waals surface area contributed by atoms with Crippen LogP contribution in [0.4, 0.5) is 17.6 Å². The van der Waals surface area contributed by atoms with Gasteiger partial charge in [-0.15, -0.1) is 21.5 Å². The Labute approximate surface area is 243 Å². The first-order valence-corrected chi connectivity index (χ1v) is 14.6. The Balaban J connectivity index is 1.11. The van der Waals surface area contributed by atoms with E-state index in [0.29, 0.717) is 11.3 Å². The number of thiophene rings is 1. The van der Waals surface area contributed by atoms with E-state index in [0.717, 1.165) is 40.9 Å². The molecule has 2 aromatic carbocycles. The average Bonchev–Trinajstić information content (AvgIpc) is 3.67. The summed E-state index contributed by atoms with van der Waals surface area (Å²) in [6.45, 7) is 1.89. The normalized spacial score (nSPS) is 15.8. The Morgan fingerprint density at radius 3 is 2.67 bits per heavy atom. The van der Waals surface area contributed by atoms with Gasteiger partial charge in [-0.05, 0) is 66.6 Å². The number of hydrogen-bond acceptors (Lipinski definition) is 7. The molecule has 42 heavy (non-hydrogen) atoms. The van der Waals surface area contributed by atoms with Crippen LogP contribution in [0.2, 0.25) is 0 Å². The largest absolute Gasteiger partial charge is 0.490 e. The van der Waals surface area contributed by atoms with Crippen molar-refractivity contribution in [3.63, 3.8) is 0 Å².